The average molecular weight is 404 g/mol. The fraction of sp³-hybridized carbons (Fsp3) is 0.190. The number of halogens is 1. The minimum Gasteiger partial charge on any atom is -0.497 e. The Morgan fingerprint density at radius 3 is 1.54 bits per heavy atom. The quantitative estimate of drug-likeness (QED) is 0.545. The third-order valence-corrected chi connectivity index (χ3v) is 4.14. The Bertz CT molecular complexity index is 808. The van der Waals surface area contributed by atoms with E-state index >= 15 is 0 Å². The smallest absolute Gasteiger partial charge is 0.208 e. The second kappa shape index (κ2) is 9.64. The number of pyridine rings is 1. The molecule has 1 atom stereocenters. The van der Waals surface area contributed by atoms with E-state index in [-0.39, 0.29) is 6.04 Å². The Balaban J connectivity index is 0.000000500. The summed E-state index contributed by atoms with van der Waals surface area (Å²) in [6.07, 6.45) is 4.29. The molecule has 148 valence electrons. The lowest BCUT2D eigenvalue weighted by Gasteiger charge is -2.17. The fourth-order valence-electron chi connectivity index (χ4n) is 2.76. The molecule has 0 aliphatic heterocycles. The summed E-state index contributed by atoms with van der Waals surface area (Å²) in [5, 5.41) is 0. The van der Waals surface area contributed by atoms with Crippen LogP contribution in [-0.4, -0.2) is 7.11 Å². The van der Waals surface area contributed by atoms with Crippen LogP contribution in [0.15, 0.2) is 73.1 Å². The Morgan fingerprint density at radius 1 is 0.714 bits per heavy atom. The van der Waals surface area contributed by atoms with Crippen LogP contribution in [0.2, 0.25) is 0 Å². The summed E-state index contributed by atoms with van der Waals surface area (Å²) in [6, 6.07) is 21.5. The summed E-state index contributed by atoms with van der Waals surface area (Å²) in [5.41, 5.74) is 5.05. The highest BCUT2D eigenvalue weighted by molar-refractivity contribution is 5.35. The molecule has 0 amide bonds. The predicted molar refractivity (Wildman–Crippen MR) is 92.8 cm³/mol. The molecule has 0 spiro atoms. The summed E-state index contributed by atoms with van der Waals surface area (Å²) in [4.78, 5) is 0. The first-order valence-corrected chi connectivity index (χ1v) is 9.70. The van der Waals surface area contributed by atoms with Gasteiger partial charge in [-0.1, -0.05) is 29.8 Å². The van der Waals surface area contributed by atoms with E-state index in [1.807, 2.05) is 12.1 Å². The van der Waals surface area contributed by atoms with Gasteiger partial charge in [0.15, 0.2) is 12.4 Å². The maximum Gasteiger partial charge on any atom is 0.208 e. The molecular weight excluding hydrogens is 382 g/mol. The molecule has 0 N–H and O–H groups in total. The van der Waals surface area contributed by atoms with Gasteiger partial charge in [0, 0.05) is 23.3 Å². The maximum atomic E-state index is 8.49. The minimum atomic E-state index is -4.94. The topological polar surface area (TPSA) is 105 Å². The lowest BCUT2D eigenvalue weighted by atomic mass is 9.97. The lowest BCUT2D eigenvalue weighted by molar-refractivity contribution is -2.00. The monoisotopic (exact) mass is 403 g/mol. The standard InChI is InChI=1S/C21H22NO.ClHO4/c1-16-4-6-18(7-5-16)21(22-14-12-17(2)13-15-22)19-8-10-20(23-3)11-9-19;2-1(3,4)5/h4-15,21H,1-3H3;(H,2,3,4,5)/q+1;/p-1. The Morgan fingerprint density at radius 2 is 1.11 bits per heavy atom. The van der Waals surface area contributed by atoms with Crippen LogP contribution in [0.3, 0.4) is 0 Å². The van der Waals surface area contributed by atoms with Crippen molar-refractivity contribution in [2.45, 2.75) is 19.9 Å². The number of rotatable bonds is 4. The van der Waals surface area contributed by atoms with Gasteiger partial charge < -0.3 is 4.74 Å². The molecule has 0 radical (unpaired) electrons. The lowest BCUT2D eigenvalue weighted by Crippen LogP contribution is -2.68. The molecule has 7 heteroatoms. The summed E-state index contributed by atoms with van der Waals surface area (Å²) in [7, 11) is -3.25. The van der Waals surface area contributed by atoms with Crippen molar-refractivity contribution in [1.82, 2.24) is 0 Å². The highest BCUT2D eigenvalue weighted by Gasteiger charge is 2.23. The molecule has 2 aromatic carbocycles. The molecule has 0 aliphatic rings. The Hall–Kier alpha value is -2.48. The average Bonchev–Trinajstić information content (AvgIpc) is 2.64. The maximum absolute atomic E-state index is 8.49. The molecule has 3 aromatic rings. The van der Waals surface area contributed by atoms with E-state index in [0.717, 1.165) is 5.75 Å². The van der Waals surface area contributed by atoms with Gasteiger partial charge in [-0.3, -0.25) is 0 Å². The van der Waals surface area contributed by atoms with Crippen molar-refractivity contribution >= 4 is 0 Å². The SMILES string of the molecule is COc1ccc(C(c2ccc(C)cc2)[n+]2ccc(C)cc2)cc1.[O-][Cl+3]([O-])([O-])[O-]. The van der Waals surface area contributed by atoms with E-state index in [1.54, 1.807) is 7.11 Å². The van der Waals surface area contributed by atoms with Gasteiger partial charge in [0.2, 0.25) is 6.04 Å². The van der Waals surface area contributed by atoms with Crippen LogP contribution in [0.4, 0.5) is 0 Å². The largest absolute Gasteiger partial charge is 0.497 e. The van der Waals surface area contributed by atoms with Gasteiger partial charge in [-0.15, -0.1) is 10.2 Å². The number of hydrogen-bond donors (Lipinski definition) is 0. The molecule has 0 bridgehead atoms. The number of aryl methyl sites for hydroxylation is 2. The highest BCUT2D eigenvalue weighted by atomic mass is 35.7. The van der Waals surface area contributed by atoms with E-state index < -0.39 is 10.2 Å². The molecule has 0 saturated carbocycles. The molecule has 0 aliphatic carbocycles. The van der Waals surface area contributed by atoms with Crippen LogP contribution < -0.4 is 27.9 Å². The molecule has 1 aromatic heterocycles. The minimum absolute atomic E-state index is 0.155. The first-order valence-electron chi connectivity index (χ1n) is 8.47. The highest BCUT2D eigenvalue weighted by Crippen LogP contribution is 2.24. The molecule has 0 saturated heterocycles. The van der Waals surface area contributed by atoms with Crippen LogP contribution in [0.1, 0.15) is 28.3 Å². The van der Waals surface area contributed by atoms with E-state index in [4.69, 9.17) is 23.4 Å². The van der Waals surface area contributed by atoms with Crippen molar-refractivity contribution in [3.05, 3.63) is 95.3 Å². The number of methoxy groups -OCH3 is 1. The zero-order valence-electron chi connectivity index (χ0n) is 15.9. The molecule has 1 heterocycles. The van der Waals surface area contributed by atoms with Crippen LogP contribution in [0.25, 0.3) is 0 Å². The van der Waals surface area contributed by atoms with Crippen molar-refractivity contribution < 1.29 is 38.2 Å². The van der Waals surface area contributed by atoms with Gasteiger partial charge in [0.1, 0.15) is 5.75 Å². The first-order chi connectivity index (χ1) is 13.2. The van der Waals surface area contributed by atoms with Gasteiger partial charge in [0.25, 0.3) is 0 Å². The van der Waals surface area contributed by atoms with Gasteiger partial charge in [-0.25, -0.2) is 18.6 Å². The van der Waals surface area contributed by atoms with Crippen LogP contribution in [-0.2, 0) is 0 Å². The zero-order chi connectivity index (χ0) is 20.7. The van der Waals surface area contributed by atoms with Crippen LogP contribution in [0, 0.1) is 24.1 Å². The second-order valence-electron chi connectivity index (χ2n) is 6.29. The predicted octanol–water partition coefficient (Wildman–Crippen LogP) is -0.519. The van der Waals surface area contributed by atoms with Gasteiger partial charge in [-0.2, -0.15) is 4.57 Å². The summed E-state index contributed by atoms with van der Waals surface area (Å²) < 4.78 is 41.5. The summed E-state index contributed by atoms with van der Waals surface area (Å²) in [6.45, 7) is 4.23. The molecule has 6 nitrogen and oxygen atoms in total. The zero-order valence-corrected chi connectivity index (χ0v) is 16.6. The van der Waals surface area contributed by atoms with E-state index in [0.29, 0.717) is 0 Å². The number of benzene rings is 2. The van der Waals surface area contributed by atoms with Crippen molar-refractivity contribution in [2.75, 3.05) is 7.11 Å². The molecule has 0 fully saturated rings. The fourth-order valence-corrected chi connectivity index (χ4v) is 2.76. The molecular formula is C21H22ClNO5. The van der Waals surface area contributed by atoms with Crippen LogP contribution in [0.5, 0.6) is 5.75 Å². The summed E-state index contributed by atoms with van der Waals surface area (Å²) in [5.74, 6) is 0.880. The molecule has 1 unspecified atom stereocenters. The normalized spacial score (nSPS) is 12.0. The van der Waals surface area contributed by atoms with Gasteiger partial charge in [-0.05, 0) is 43.7 Å². The molecule has 3 rings (SSSR count). The Kier molecular flexibility index (Phi) is 7.51. The van der Waals surface area contributed by atoms with Gasteiger partial charge >= 0.3 is 0 Å². The van der Waals surface area contributed by atoms with E-state index in [9.17, 15) is 0 Å². The van der Waals surface area contributed by atoms with Crippen molar-refractivity contribution in [2.24, 2.45) is 0 Å². The third-order valence-electron chi connectivity index (χ3n) is 4.14. The van der Waals surface area contributed by atoms with Gasteiger partial charge in [0.05, 0.1) is 7.11 Å². The first kappa shape index (κ1) is 21.8. The van der Waals surface area contributed by atoms with Crippen molar-refractivity contribution in [3.8, 4) is 5.75 Å². The molecule has 28 heavy (non-hydrogen) atoms. The van der Waals surface area contributed by atoms with Crippen LogP contribution >= 0.6 is 0 Å². The number of hydrogen-bond acceptors (Lipinski definition) is 5. The number of ether oxygens (including phenoxy) is 1. The summed E-state index contributed by atoms with van der Waals surface area (Å²) >= 11 is 0. The number of aromatic nitrogens is 1. The van der Waals surface area contributed by atoms with Crippen molar-refractivity contribution in [1.29, 1.82) is 0 Å². The van der Waals surface area contributed by atoms with Crippen molar-refractivity contribution in [3.63, 3.8) is 0 Å². The number of nitrogens with zero attached hydrogens (tertiary/aromatic N) is 1. The second-order valence-corrected chi connectivity index (χ2v) is 7.04. The third kappa shape index (κ3) is 6.92. The van der Waals surface area contributed by atoms with E-state index in [2.05, 4.69) is 79.3 Å². The van der Waals surface area contributed by atoms with E-state index in [1.165, 1.54) is 22.3 Å². The Labute approximate surface area is 166 Å².